The number of hydrogen-bond acceptors (Lipinski definition) is 3. The molecule has 1 fully saturated rings. The summed E-state index contributed by atoms with van der Waals surface area (Å²) in [6.07, 6.45) is 1.98. The number of benzene rings is 1. The van der Waals surface area contributed by atoms with Crippen LogP contribution in [0.1, 0.15) is 53.2 Å². The Balaban J connectivity index is 1.60. The van der Waals surface area contributed by atoms with Gasteiger partial charge in [-0.2, -0.15) is 13.2 Å². The fourth-order valence-corrected chi connectivity index (χ4v) is 3.81. The normalized spacial score (nSPS) is 21.2. The minimum Gasteiger partial charge on any atom is -0.349 e. The SMILES string of the molecule is NC(c1cccnc1)C1CCC(NC(=O)c2cc(C(F)(F)F)ccc2Cl)CC1. The number of pyridine rings is 1. The number of nitrogens with one attached hydrogen (secondary N) is 1. The quantitative estimate of drug-likeness (QED) is 0.763. The largest absolute Gasteiger partial charge is 0.416 e. The molecule has 1 aromatic heterocycles. The molecule has 3 N–H and O–H groups in total. The van der Waals surface area contributed by atoms with E-state index in [1.165, 1.54) is 0 Å². The summed E-state index contributed by atoms with van der Waals surface area (Å²) < 4.78 is 38.7. The highest BCUT2D eigenvalue weighted by Gasteiger charge is 2.32. The molecule has 1 atom stereocenters. The number of carbonyl (C=O) groups excluding carboxylic acids is 1. The van der Waals surface area contributed by atoms with Gasteiger partial charge in [-0.1, -0.05) is 17.7 Å². The Morgan fingerprint density at radius 3 is 2.54 bits per heavy atom. The third-order valence-electron chi connectivity index (χ3n) is 5.22. The van der Waals surface area contributed by atoms with Gasteiger partial charge in [0.1, 0.15) is 0 Å². The number of alkyl halides is 3. The Bertz CT molecular complexity index is 821. The van der Waals surface area contributed by atoms with E-state index in [-0.39, 0.29) is 28.6 Å². The van der Waals surface area contributed by atoms with Crippen molar-refractivity contribution in [2.24, 2.45) is 11.7 Å². The van der Waals surface area contributed by atoms with E-state index in [4.69, 9.17) is 17.3 Å². The lowest BCUT2D eigenvalue weighted by Crippen LogP contribution is -2.39. The Morgan fingerprint density at radius 1 is 1.21 bits per heavy atom. The Labute approximate surface area is 166 Å². The van der Waals surface area contributed by atoms with Gasteiger partial charge in [-0.3, -0.25) is 9.78 Å². The zero-order chi connectivity index (χ0) is 20.3. The van der Waals surface area contributed by atoms with Crippen molar-refractivity contribution in [1.29, 1.82) is 0 Å². The van der Waals surface area contributed by atoms with Crippen molar-refractivity contribution in [3.8, 4) is 0 Å². The molecule has 0 bridgehead atoms. The highest BCUT2D eigenvalue weighted by Crippen LogP contribution is 2.34. The van der Waals surface area contributed by atoms with E-state index in [9.17, 15) is 18.0 Å². The van der Waals surface area contributed by atoms with Crippen LogP contribution in [0.15, 0.2) is 42.7 Å². The van der Waals surface area contributed by atoms with E-state index in [0.717, 1.165) is 36.6 Å². The van der Waals surface area contributed by atoms with E-state index < -0.39 is 17.6 Å². The first-order valence-corrected chi connectivity index (χ1v) is 9.46. The molecule has 0 spiro atoms. The summed E-state index contributed by atoms with van der Waals surface area (Å²) >= 11 is 5.94. The smallest absolute Gasteiger partial charge is 0.349 e. The monoisotopic (exact) mass is 411 g/mol. The summed E-state index contributed by atoms with van der Waals surface area (Å²) in [5.74, 6) is -0.314. The predicted molar refractivity (Wildman–Crippen MR) is 101 cm³/mol. The van der Waals surface area contributed by atoms with Gasteiger partial charge in [0.05, 0.1) is 16.1 Å². The molecular formula is C20H21ClF3N3O. The number of carbonyl (C=O) groups is 1. The van der Waals surface area contributed by atoms with Gasteiger partial charge in [-0.15, -0.1) is 0 Å². The van der Waals surface area contributed by atoms with Gasteiger partial charge in [0.15, 0.2) is 0 Å². The van der Waals surface area contributed by atoms with Crippen molar-refractivity contribution in [2.45, 2.75) is 43.9 Å². The molecule has 28 heavy (non-hydrogen) atoms. The molecule has 1 unspecified atom stereocenters. The maximum atomic E-state index is 12.9. The third kappa shape index (κ3) is 4.83. The third-order valence-corrected chi connectivity index (χ3v) is 5.55. The zero-order valence-corrected chi connectivity index (χ0v) is 15.8. The predicted octanol–water partition coefficient (Wildman–Crippen LogP) is 4.74. The van der Waals surface area contributed by atoms with Crippen LogP contribution < -0.4 is 11.1 Å². The van der Waals surface area contributed by atoms with E-state index >= 15 is 0 Å². The standard InChI is InChI=1S/C20H21ClF3N3O/c21-17-8-5-14(20(22,23)24)10-16(17)19(28)27-15-6-3-12(4-7-15)18(25)13-2-1-9-26-11-13/h1-2,5,8-12,15,18H,3-4,6-7,25H2,(H,27,28). The molecular weight excluding hydrogens is 391 g/mol. The van der Waals surface area contributed by atoms with Crippen LogP contribution in [0.25, 0.3) is 0 Å². The summed E-state index contributed by atoms with van der Waals surface area (Å²) in [4.78, 5) is 16.5. The Kier molecular flexibility index (Phi) is 6.25. The molecule has 0 aliphatic heterocycles. The number of amides is 1. The molecule has 1 heterocycles. The van der Waals surface area contributed by atoms with Crippen molar-refractivity contribution in [3.05, 3.63) is 64.4 Å². The zero-order valence-electron chi connectivity index (χ0n) is 15.0. The van der Waals surface area contributed by atoms with Crippen LogP contribution in [-0.4, -0.2) is 16.9 Å². The van der Waals surface area contributed by atoms with Gasteiger partial charge >= 0.3 is 6.18 Å². The minimum absolute atomic E-state index is 0.00205. The molecule has 1 aliphatic carbocycles. The van der Waals surface area contributed by atoms with Crippen LogP contribution in [0.5, 0.6) is 0 Å². The maximum absolute atomic E-state index is 12.9. The van der Waals surface area contributed by atoms with Crippen molar-refractivity contribution in [1.82, 2.24) is 10.3 Å². The van der Waals surface area contributed by atoms with E-state index in [1.54, 1.807) is 12.4 Å². The van der Waals surface area contributed by atoms with Crippen LogP contribution in [0.4, 0.5) is 13.2 Å². The fourth-order valence-electron chi connectivity index (χ4n) is 3.61. The molecule has 1 amide bonds. The van der Waals surface area contributed by atoms with Crippen molar-refractivity contribution in [2.75, 3.05) is 0 Å². The average molecular weight is 412 g/mol. The van der Waals surface area contributed by atoms with Crippen LogP contribution in [0, 0.1) is 5.92 Å². The van der Waals surface area contributed by atoms with Gasteiger partial charge in [0.2, 0.25) is 0 Å². The number of aromatic nitrogens is 1. The molecule has 1 saturated carbocycles. The molecule has 0 saturated heterocycles. The van der Waals surface area contributed by atoms with Gasteiger partial charge < -0.3 is 11.1 Å². The summed E-state index contributed by atoms with van der Waals surface area (Å²) in [5, 5.41) is 2.81. The number of halogens is 4. The topological polar surface area (TPSA) is 68.0 Å². The van der Waals surface area contributed by atoms with Crippen molar-refractivity contribution >= 4 is 17.5 Å². The highest BCUT2D eigenvalue weighted by molar-refractivity contribution is 6.33. The highest BCUT2D eigenvalue weighted by atomic mass is 35.5. The molecule has 3 rings (SSSR count). The molecule has 8 heteroatoms. The molecule has 4 nitrogen and oxygen atoms in total. The maximum Gasteiger partial charge on any atom is 0.416 e. The number of nitrogens with two attached hydrogens (primary N) is 1. The van der Waals surface area contributed by atoms with Gasteiger partial charge in [0, 0.05) is 24.5 Å². The van der Waals surface area contributed by atoms with E-state index in [0.29, 0.717) is 12.8 Å². The first kappa shape index (κ1) is 20.6. The molecule has 150 valence electrons. The lowest BCUT2D eigenvalue weighted by molar-refractivity contribution is -0.137. The van der Waals surface area contributed by atoms with Crippen LogP contribution in [0.3, 0.4) is 0 Å². The summed E-state index contributed by atoms with van der Waals surface area (Å²) in [6.45, 7) is 0. The van der Waals surface area contributed by atoms with Crippen LogP contribution in [-0.2, 0) is 6.18 Å². The molecule has 1 aromatic carbocycles. The van der Waals surface area contributed by atoms with Gasteiger partial charge in [0.25, 0.3) is 5.91 Å². The lowest BCUT2D eigenvalue weighted by atomic mass is 9.80. The van der Waals surface area contributed by atoms with Crippen molar-refractivity contribution in [3.63, 3.8) is 0 Å². The molecule has 0 radical (unpaired) electrons. The first-order chi connectivity index (χ1) is 13.3. The van der Waals surface area contributed by atoms with Gasteiger partial charge in [-0.05, 0) is 61.4 Å². The number of nitrogens with zero attached hydrogens (tertiary/aromatic N) is 1. The van der Waals surface area contributed by atoms with Crippen molar-refractivity contribution < 1.29 is 18.0 Å². The second-order valence-electron chi connectivity index (χ2n) is 7.09. The number of rotatable bonds is 4. The Morgan fingerprint density at radius 2 is 1.93 bits per heavy atom. The Hall–Kier alpha value is -2.12. The van der Waals surface area contributed by atoms with E-state index in [2.05, 4.69) is 10.3 Å². The molecule has 2 aromatic rings. The van der Waals surface area contributed by atoms with Crippen LogP contribution in [0.2, 0.25) is 5.02 Å². The second kappa shape index (κ2) is 8.49. The first-order valence-electron chi connectivity index (χ1n) is 9.09. The second-order valence-corrected chi connectivity index (χ2v) is 7.50. The molecule has 1 aliphatic rings. The van der Waals surface area contributed by atoms with Gasteiger partial charge in [-0.25, -0.2) is 0 Å². The minimum atomic E-state index is -4.53. The lowest BCUT2D eigenvalue weighted by Gasteiger charge is -2.32. The van der Waals surface area contributed by atoms with E-state index in [1.807, 2.05) is 12.1 Å². The fraction of sp³-hybridized carbons (Fsp3) is 0.400. The summed E-state index contributed by atoms with van der Waals surface area (Å²) in [5.41, 5.74) is 6.25. The number of hydrogen-bond donors (Lipinski definition) is 2. The summed E-state index contributed by atoms with van der Waals surface area (Å²) in [7, 11) is 0. The van der Waals surface area contributed by atoms with Crippen LogP contribution >= 0.6 is 11.6 Å². The average Bonchev–Trinajstić information content (AvgIpc) is 2.68. The summed E-state index contributed by atoms with van der Waals surface area (Å²) in [6, 6.07) is 6.31.